The number of halogens is 1. The Kier molecular flexibility index (Phi) is 2.61. The Morgan fingerprint density at radius 2 is 2.44 bits per heavy atom. The number of H-pyrrole nitrogens is 1. The van der Waals surface area contributed by atoms with Crippen molar-refractivity contribution >= 4 is 27.3 Å². The lowest BCUT2D eigenvalue weighted by Crippen LogP contribution is -2.30. The first-order chi connectivity index (χ1) is 7.75. The van der Waals surface area contributed by atoms with Crippen molar-refractivity contribution in [3.8, 4) is 0 Å². The Labute approximate surface area is 106 Å². The Balaban J connectivity index is 2.03. The summed E-state index contributed by atoms with van der Waals surface area (Å²) in [4.78, 5) is 10.3. The molecule has 0 bridgehead atoms. The minimum Gasteiger partial charge on any atom is -0.348 e. The molecule has 2 aromatic heterocycles. The van der Waals surface area contributed by atoms with Crippen LogP contribution in [0.15, 0.2) is 16.9 Å². The number of nitrogens with zero attached hydrogens (tertiary/aromatic N) is 1. The molecule has 2 N–H and O–H groups in total. The van der Waals surface area contributed by atoms with E-state index in [1.807, 2.05) is 11.3 Å². The van der Waals surface area contributed by atoms with Crippen LogP contribution in [0.5, 0.6) is 0 Å². The van der Waals surface area contributed by atoms with E-state index in [9.17, 15) is 0 Å². The molecule has 3 rings (SSSR count). The van der Waals surface area contributed by atoms with Gasteiger partial charge in [0.2, 0.25) is 0 Å². The second kappa shape index (κ2) is 3.98. The zero-order valence-electron chi connectivity index (χ0n) is 8.88. The predicted octanol–water partition coefficient (Wildman–Crippen LogP) is 2.78. The third-order valence-electron chi connectivity index (χ3n) is 2.91. The normalized spacial score (nSPS) is 19.8. The number of aryl methyl sites for hydroxylation is 1. The van der Waals surface area contributed by atoms with Gasteiger partial charge in [-0.3, -0.25) is 0 Å². The summed E-state index contributed by atoms with van der Waals surface area (Å²) in [7, 11) is 0. The fourth-order valence-electron chi connectivity index (χ4n) is 2.08. The summed E-state index contributed by atoms with van der Waals surface area (Å²) >= 11 is 5.39. The number of imidazole rings is 1. The third kappa shape index (κ3) is 1.63. The van der Waals surface area contributed by atoms with Crippen molar-refractivity contribution in [2.75, 3.05) is 6.54 Å². The molecule has 0 radical (unpaired) electrons. The second-order valence-corrected chi connectivity index (χ2v) is 6.10. The quantitative estimate of drug-likeness (QED) is 0.850. The fraction of sp³-hybridized carbons (Fsp3) is 0.364. The molecule has 2 aromatic rings. The van der Waals surface area contributed by atoms with E-state index in [1.54, 1.807) is 6.33 Å². The van der Waals surface area contributed by atoms with Crippen LogP contribution in [0.3, 0.4) is 0 Å². The van der Waals surface area contributed by atoms with Gasteiger partial charge in [0, 0.05) is 32.9 Å². The van der Waals surface area contributed by atoms with E-state index in [-0.39, 0.29) is 6.04 Å². The largest absolute Gasteiger partial charge is 0.348 e. The van der Waals surface area contributed by atoms with Crippen LogP contribution in [0.1, 0.15) is 27.2 Å². The lowest BCUT2D eigenvalue weighted by molar-refractivity contribution is 0.560. The average molecular weight is 298 g/mol. The molecule has 0 saturated carbocycles. The number of hydrogen-bond acceptors (Lipinski definition) is 3. The lowest BCUT2D eigenvalue weighted by atomic mass is 10.0. The van der Waals surface area contributed by atoms with Gasteiger partial charge in [-0.1, -0.05) is 0 Å². The fourth-order valence-corrected chi connectivity index (χ4v) is 3.72. The number of thiophene rings is 1. The molecule has 0 spiro atoms. The van der Waals surface area contributed by atoms with Gasteiger partial charge in [-0.25, -0.2) is 4.98 Å². The van der Waals surface area contributed by atoms with Crippen LogP contribution in [-0.4, -0.2) is 16.5 Å². The first kappa shape index (κ1) is 10.5. The summed E-state index contributed by atoms with van der Waals surface area (Å²) in [5.74, 6) is 0. The van der Waals surface area contributed by atoms with E-state index in [2.05, 4.69) is 44.2 Å². The SMILES string of the molecule is Cc1sc(C2NCCc3[nH]cnc32)cc1Br. The highest BCUT2D eigenvalue weighted by Crippen LogP contribution is 2.35. The molecule has 1 aliphatic rings. The Bertz CT molecular complexity index is 498. The van der Waals surface area contributed by atoms with E-state index in [1.165, 1.54) is 19.9 Å². The van der Waals surface area contributed by atoms with Crippen molar-refractivity contribution in [1.29, 1.82) is 0 Å². The Hall–Kier alpha value is -0.650. The van der Waals surface area contributed by atoms with Crippen molar-refractivity contribution in [3.05, 3.63) is 38.0 Å². The summed E-state index contributed by atoms with van der Waals surface area (Å²) in [5, 5.41) is 3.53. The maximum atomic E-state index is 4.43. The highest BCUT2D eigenvalue weighted by molar-refractivity contribution is 9.10. The molecule has 0 aromatic carbocycles. The number of aromatic nitrogens is 2. The van der Waals surface area contributed by atoms with Gasteiger partial charge in [0.15, 0.2) is 0 Å². The van der Waals surface area contributed by atoms with Crippen LogP contribution in [0.2, 0.25) is 0 Å². The van der Waals surface area contributed by atoms with Gasteiger partial charge in [0.1, 0.15) is 0 Å². The molecule has 1 aliphatic heterocycles. The molecular formula is C11H12BrN3S. The van der Waals surface area contributed by atoms with E-state index < -0.39 is 0 Å². The molecule has 5 heteroatoms. The van der Waals surface area contributed by atoms with Gasteiger partial charge >= 0.3 is 0 Å². The number of hydrogen-bond donors (Lipinski definition) is 2. The first-order valence-electron chi connectivity index (χ1n) is 5.27. The summed E-state index contributed by atoms with van der Waals surface area (Å²) < 4.78 is 1.19. The van der Waals surface area contributed by atoms with Gasteiger partial charge in [-0.05, 0) is 28.9 Å². The van der Waals surface area contributed by atoms with Gasteiger partial charge in [-0.2, -0.15) is 0 Å². The Morgan fingerprint density at radius 1 is 1.56 bits per heavy atom. The van der Waals surface area contributed by atoms with Crippen LogP contribution < -0.4 is 5.32 Å². The number of fused-ring (bicyclic) bond motifs is 1. The maximum absolute atomic E-state index is 4.43. The lowest BCUT2D eigenvalue weighted by Gasteiger charge is -2.21. The number of aromatic amines is 1. The van der Waals surface area contributed by atoms with Crippen molar-refractivity contribution in [2.24, 2.45) is 0 Å². The Morgan fingerprint density at radius 3 is 3.19 bits per heavy atom. The maximum Gasteiger partial charge on any atom is 0.0926 e. The average Bonchev–Trinajstić information content (AvgIpc) is 2.85. The van der Waals surface area contributed by atoms with Crippen LogP contribution in [0.4, 0.5) is 0 Å². The summed E-state index contributed by atoms with van der Waals surface area (Å²) in [5.41, 5.74) is 2.42. The van der Waals surface area contributed by atoms with E-state index >= 15 is 0 Å². The van der Waals surface area contributed by atoms with Crippen LogP contribution >= 0.6 is 27.3 Å². The predicted molar refractivity (Wildman–Crippen MR) is 68.9 cm³/mol. The van der Waals surface area contributed by atoms with Crippen LogP contribution in [-0.2, 0) is 6.42 Å². The van der Waals surface area contributed by atoms with Crippen molar-refractivity contribution in [3.63, 3.8) is 0 Å². The first-order valence-corrected chi connectivity index (χ1v) is 6.88. The number of rotatable bonds is 1. The molecule has 16 heavy (non-hydrogen) atoms. The topological polar surface area (TPSA) is 40.7 Å². The molecule has 1 atom stereocenters. The smallest absolute Gasteiger partial charge is 0.0926 e. The molecule has 0 amide bonds. The summed E-state index contributed by atoms with van der Waals surface area (Å²) in [6, 6.07) is 2.45. The van der Waals surface area contributed by atoms with Crippen molar-refractivity contribution in [1.82, 2.24) is 15.3 Å². The monoisotopic (exact) mass is 297 g/mol. The van der Waals surface area contributed by atoms with E-state index in [0.717, 1.165) is 18.7 Å². The zero-order valence-corrected chi connectivity index (χ0v) is 11.3. The van der Waals surface area contributed by atoms with Crippen LogP contribution in [0, 0.1) is 6.92 Å². The molecule has 0 saturated heterocycles. The minimum atomic E-state index is 0.255. The van der Waals surface area contributed by atoms with Gasteiger partial charge in [0.05, 0.1) is 18.1 Å². The highest BCUT2D eigenvalue weighted by atomic mass is 79.9. The summed E-state index contributed by atoms with van der Waals surface area (Å²) in [6.07, 6.45) is 2.83. The number of nitrogens with one attached hydrogen (secondary N) is 2. The third-order valence-corrected chi connectivity index (χ3v) is 5.11. The van der Waals surface area contributed by atoms with Gasteiger partial charge < -0.3 is 10.3 Å². The van der Waals surface area contributed by atoms with Crippen molar-refractivity contribution < 1.29 is 0 Å². The van der Waals surface area contributed by atoms with Crippen LogP contribution in [0.25, 0.3) is 0 Å². The molecular weight excluding hydrogens is 286 g/mol. The molecule has 0 fully saturated rings. The zero-order chi connectivity index (χ0) is 11.1. The van der Waals surface area contributed by atoms with Gasteiger partial charge in [-0.15, -0.1) is 11.3 Å². The minimum absolute atomic E-state index is 0.255. The molecule has 3 heterocycles. The molecule has 84 valence electrons. The van der Waals surface area contributed by atoms with E-state index in [0.29, 0.717) is 0 Å². The standard InChI is InChI=1S/C11H12BrN3S/c1-6-7(12)4-9(16-6)11-10-8(2-3-13-11)14-5-15-10/h4-5,11,13H,2-3H2,1H3,(H,14,15). The summed E-state index contributed by atoms with van der Waals surface area (Å²) in [6.45, 7) is 3.14. The second-order valence-electron chi connectivity index (χ2n) is 3.96. The van der Waals surface area contributed by atoms with E-state index in [4.69, 9.17) is 0 Å². The molecule has 1 unspecified atom stereocenters. The molecule has 3 nitrogen and oxygen atoms in total. The van der Waals surface area contributed by atoms with Crippen molar-refractivity contribution in [2.45, 2.75) is 19.4 Å². The highest BCUT2D eigenvalue weighted by Gasteiger charge is 2.25. The van der Waals surface area contributed by atoms with Gasteiger partial charge in [0.25, 0.3) is 0 Å². The molecule has 0 aliphatic carbocycles.